The number of hydrogen-bond acceptors (Lipinski definition) is 6. The van der Waals surface area contributed by atoms with Crippen LogP contribution in [0.5, 0.6) is 0 Å². The number of carboxylic acid groups (broad SMARTS) is 2. The van der Waals surface area contributed by atoms with E-state index < -0.39 is 35.3 Å². The third-order valence-electron chi connectivity index (χ3n) is 3.40. The number of amides is 1. The number of aliphatic carboxylic acids is 2. The Morgan fingerprint density at radius 3 is 2.45 bits per heavy atom. The van der Waals surface area contributed by atoms with Crippen LogP contribution in [0.3, 0.4) is 0 Å². The number of oxime groups is 1. The van der Waals surface area contributed by atoms with Gasteiger partial charge in [-0.05, 0) is 20.8 Å². The molecule has 0 aromatic rings. The summed E-state index contributed by atoms with van der Waals surface area (Å²) in [6.07, 6.45) is -0.864. The van der Waals surface area contributed by atoms with Crippen LogP contribution in [0.2, 0.25) is 0 Å². The largest absolute Gasteiger partial charge is 0.480 e. The van der Waals surface area contributed by atoms with E-state index in [0.29, 0.717) is 0 Å². The van der Waals surface area contributed by atoms with Crippen molar-refractivity contribution in [1.29, 1.82) is 0 Å². The highest BCUT2D eigenvalue weighted by Crippen LogP contribution is 2.38. The zero-order chi connectivity index (χ0) is 16.7. The van der Waals surface area contributed by atoms with Gasteiger partial charge in [0.15, 0.2) is 11.3 Å². The first kappa shape index (κ1) is 16.1. The van der Waals surface area contributed by atoms with Gasteiger partial charge in [0, 0.05) is 12.8 Å². The van der Waals surface area contributed by atoms with E-state index in [4.69, 9.17) is 14.7 Å². The lowest BCUT2D eigenvalue weighted by Gasteiger charge is -2.27. The molecule has 9 nitrogen and oxygen atoms in total. The van der Waals surface area contributed by atoms with Gasteiger partial charge in [-0.25, -0.2) is 14.4 Å². The van der Waals surface area contributed by atoms with Gasteiger partial charge in [0.25, 0.3) is 0 Å². The van der Waals surface area contributed by atoms with E-state index in [1.54, 1.807) is 20.8 Å². The van der Waals surface area contributed by atoms with Crippen LogP contribution in [0.15, 0.2) is 5.16 Å². The van der Waals surface area contributed by atoms with Crippen molar-refractivity contribution in [3.8, 4) is 0 Å². The zero-order valence-electron chi connectivity index (χ0n) is 12.5. The van der Waals surface area contributed by atoms with E-state index in [2.05, 4.69) is 5.16 Å². The summed E-state index contributed by atoms with van der Waals surface area (Å²) in [7, 11) is 0. The SMILES string of the molecule is CC(C)(C)OC(=O)N1C[C@]2(CC(C(=O)O)=NO2)C[C@@H]1C(=O)O. The maximum Gasteiger partial charge on any atom is 0.411 e. The standard InChI is InChI=1S/C13H18N2O7/c1-12(2,3)21-11(20)15-6-13(5-8(15)10(18)19)4-7(9(16)17)14-22-13/h8H,4-6H2,1-3H3,(H,16,17)(H,18,19)/t8-,13+/m1/s1. The fourth-order valence-corrected chi connectivity index (χ4v) is 2.51. The molecule has 22 heavy (non-hydrogen) atoms. The van der Waals surface area contributed by atoms with Crippen LogP contribution in [0.1, 0.15) is 33.6 Å². The molecule has 9 heteroatoms. The van der Waals surface area contributed by atoms with Gasteiger partial charge in [-0.3, -0.25) is 4.90 Å². The van der Waals surface area contributed by atoms with Crippen LogP contribution in [-0.4, -0.2) is 62.6 Å². The Morgan fingerprint density at radius 1 is 1.36 bits per heavy atom. The van der Waals surface area contributed by atoms with Crippen LogP contribution in [-0.2, 0) is 19.2 Å². The lowest BCUT2D eigenvalue weighted by atomic mass is 9.94. The molecule has 0 aromatic carbocycles. The molecule has 1 saturated heterocycles. The molecule has 122 valence electrons. The van der Waals surface area contributed by atoms with Gasteiger partial charge in [0.05, 0.1) is 6.54 Å². The molecule has 0 unspecified atom stereocenters. The molecule has 1 spiro atoms. The van der Waals surface area contributed by atoms with Crippen molar-refractivity contribution in [3.05, 3.63) is 0 Å². The van der Waals surface area contributed by atoms with E-state index in [9.17, 15) is 19.5 Å². The van der Waals surface area contributed by atoms with Crippen molar-refractivity contribution in [3.63, 3.8) is 0 Å². The summed E-state index contributed by atoms with van der Waals surface area (Å²) in [5.74, 6) is -2.42. The fourth-order valence-electron chi connectivity index (χ4n) is 2.51. The minimum Gasteiger partial charge on any atom is -0.480 e. The van der Waals surface area contributed by atoms with Crippen molar-refractivity contribution in [2.75, 3.05) is 6.54 Å². The first-order valence-corrected chi connectivity index (χ1v) is 6.74. The summed E-state index contributed by atoms with van der Waals surface area (Å²) in [4.78, 5) is 40.7. The maximum absolute atomic E-state index is 12.2. The van der Waals surface area contributed by atoms with Crippen molar-refractivity contribution < 1.29 is 34.2 Å². The quantitative estimate of drug-likeness (QED) is 0.767. The predicted octanol–water partition coefficient (Wildman–Crippen LogP) is 0.680. The molecule has 0 aliphatic carbocycles. The molecule has 2 atom stereocenters. The Morgan fingerprint density at radius 2 is 2.00 bits per heavy atom. The lowest BCUT2D eigenvalue weighted by molar-refractivity contribution is -0.142. The predicted molar refractivity (Wildman–Crippen MR) is 72.5 cm³/mol. The molecule has 0 saturated carbocycles. The smallest absolute Gasteiger partial charge is 0.411 e. The van der Waals surface area contributed by atoms with Crippen LogP contribution < -0.4 is 0 Å². The van der Waals surface area contributed by atoms with Crippen molar-refractivity contribution >= 4 is 23.7 Å². The highest BCUT2D eigenvalue weighted by atomic mass is 16.7. The second kappa shape index (κ2) is 5.15. The molecule has 0 radical (unpaired) electrons. The lowest BCUT2D eigenvalue weighted by Crippen LogP contribution is -2.44. The summed E-state index contributed by atoms with van der Waals surface area (Å²) in [5.41, 5.74) is -2.07. The van der Waals surface area contributed by atoms with Gasteiger partial charge in [-0.15, -0.1) is 0 Å². The minimum absolute atomic E-state index is 0.0398. The minimum atomic E-state index is -1.22. The van der Waals surface area contributed by atoms with Gasteiger partial charge in [-0.1, -0.05) is 5.16 Å². The zero-order valence-corrected chi connectivity index (χ0v) is 12.5. The molecule has 2 heterocycles. The number of likely N-dealkylation sites (tertiary alicyclic amines) is 1. The average Bonchev–Trinajstić information content (AvgIpc) is 2.93. The van der Waals surface area contributed by atoms with Crippen LogP contribution >= 0.6 is 0 Å². The molecule has 0 aromatic heterocycles. The van der Waals surface area contributed by atoms with E-state index in [1.165, 1.54) is 0 Å². The Balaban J connectivity index is 2.16. The van der Waals surface area contributed by atoms with Gasteiger partial charge >= 0.3 is 18.0 Å². The van der Waals surface area contributed by atoms with Gasteiger partial charge in [-0.2, -0.15) is 0 Å². The van der Waals surface area contributed by atoms with E-state index >= 15 is 0 Å². The Labute approximate surface area is 126 Å². The molecule has 2 aliphatic rings. The Bertz CT molecular complexity index is 551. The molecular formula is C13H18N2O7. The summed E-state index contributed by atoms with van der Waals surface area (Å²) >= 11 is 0. The molecule has 2 aliphatic heterocycles. The first-order chi connectivity index (χ1) is 10.0. The second-order valence-corrected chi connectivity index (χ2v) is 6.46. The van der Waals surface area contributed by atoms with Crippen LogP contribution in [0, 0.1) is 0 Å². The Kier molecular flexibility index (Phi) is 3.76. The third kappa shape index (κ3) is 3.12. The highest BCUT2D eigenvalue weighted by Gasteiger charge is 2.55. The highest BCUT2D eigenvalue weighted by molar-refractivity contribution is 6.36. The van der Waals surface area contributed by atoms with E-state index in [1.807, 2.05) is 0 Å². The normalized spacial score (nSPS) is 27.5. The molecule has 1 amide bonds. The molecule has 2 rings (SSSR count). The molecule has 2 N–H and O–H groups in total. The summed E-state index contributed by atoms with van der Waals surface area (Å²) < 4.78 is 5.19. The molecular weight excluding hydrogens is 296 g/mol. The summed E-state index contributed by atoms with van der Waals surface area (Å²) in [6, 6.07) is -1.14. The number of nitrogens with zero attached hydrogens (tertiary/aromatic N) is 2. The van der Waals surface area contributed by atoms with Gasteiger partial charge in [0.1, 0.15) is 11.6 Å². The molecule has 0 bridgehead atoms. The summed E-state index contributed by atoms with van der Waals surface area (Å²) in [6.45, 7) is 4.93. The first-order valence-electron chi connectivity index (χ1n) is 6.74. The van der Waals surface area contributed by atoms with E-state index in [-0.39, 0.29) is 25.1 Å². The third-order valence-corrected chi connectivity index (χ3v) is 3.40. The number of carbonyl (C=O) groups is 3. The van der Waals surface area contributed by atoms with Crippen molar-refractivity contribution in [2.45, 2.75) is 50.9 Å². The Hall–Kier alpha value is -2.32. The second-order valence-electron chi connectivity index (χ2n) is 6.46. The van der Waals surface area contributed by atoms with Crippen molar-refractivity contribution in [2.24, 2.45) is 5.16 Å². The number of ether oxygens (including phenoxy) is 1. The van der Waals surface area contributed by atoms with Crippen molar-refractivity contribution in [1.82, 2.24) is 4.90 Å². The number of carboxylic acids is 2. The number of carbonyl (C=O) groups excluding carboxylic acids is 1. The average molecular weight is 314 g/mol. The van der Waals surface area contributed by atoms with E-state index in [0.717, 1.165) is 4.90 Å². The van der Waals surface area contributed by atoms with Crippen LogP contribution in [0.4, 0.5) is 4.79 Å². The maximum atomic E-state index is 12.2. The van der Waals surface area contributed by atoms with Crippen LogP contribution in [0.25, 0.3) is 0 Å². The van der Waals surface area contributed by atoms with Gasteiger partial charge in [0.2, 0.25) is 0 Å². The number of hydrogen-bond donors (Lipinski definition) is 2. The topological polar surface area (TPSA) is 126 Å². The number of rotatable bonds is 2. The van der Waals surface area contributed by atoms with Gasteiger partial charge < -0.3 is 19.8 Å². The summed E-state index contributed by atoms with van der Waals surface area (Å²) in [5, 5.41) is 21.7. The molecule has 1 fully saturated rings. The fraction of sp³-hybridized carbons (Fsp3) is 0.692. The monoisotopic (exact) mass is 314 g/mol.